The summed E-state index contributed by atoms with van der Waals surface area (Å²) in [6.07, 6.45) is 0. The van der Waals surface area contributed by atoms with Crippen molar-refractivity contribution in [1.29, 1.82) is 0 Å². The Morgan fingerprint density at radius 3 is 1.29 bits per heavy atom. The molecule has 12 rings (SSSR count). The predicted octanol–water partition coefficient (Wildman–Crippen LogP) is 10.8. The van der Waals surface area contributed by atoms with Gasteiger partial charge >= 0.3 is 0 Å². The van der Waals surface area contributed by atoms with E-state index in [1.54, 1.807) is 67.8 Å². The molecule has 0 fully saturated rings. The summed E-state index contributed by atoms with van der Waals surface area (Å²) in [5.41, 5.74) is 0.710. The van der Waals surface area contributed by atoms with Crippen LogP contribution in [-0.2, 0) is 0 Å². The molecule has 18 heteroatoms. The number of hydrogen-bond acceptors (Lipinski definition) is 14. The van der Waals surface area contributed by atoms with Crippen molar-refractivity contribution in [3.05, 3.63) is 118 Å². The van der Waals surface area contributed by atoms with Crippen LogP contribution in [0.3, 0.4) is 0 Å². The SMILES string of the molecule is [B]c1c(O)c(O)c2c3c(C)c(-c4c(O)c(C)c5c(c4C)c4c(O)c(O)c(C)c(O)c4n5-c4ccc(-c5ccccc5)cc4)c(O)c(O)c3n(-c3c(O)c(C)c(C)c4c5c(O)c(O)c(O)c(O)c5n(-c5ccccc5)c34)c2c1O. The maximum Gasteiger partial charge on any atom is 0.206 e. The molecule has 2 radical (unpaired) electrons. The molecule has 3 heterocycles. The second kappa shape index (κ2) is 16.3. The van der Waals surface area contributed by atoms with Crippen molar-refractivity contribution in [2.45, 2.75) is 41.5 Å². The van der Waals surface area contributed by atoms with Crippen molar-refractivity contribution >= 4 is 78.7 Å². The molecule has 0 aliphatic rings. The lowest BCUT2D eigenvalue weighted by Gasteiger charge is -2.21. The molecular weight excluding hydrogens is 997 g/mol. The smallest absolute Gasteiger partial charge is 0.206 e. The number of hydrogen-bond donors (Lipinski definition) is 14. The van der Waals surface area contributed by atoms with Crippen LogP contribution in [0.25, 0.3) is 105 Å². The zero-order valence-electron chi connectivity index (χ0n) is 42.3. The van der Waals surface area contributed by atoms with Crippen molar-refractivity contribution in [3.8, 4) is 120 Å². The number of fused-ring (bicyclic) bond motifs is 9. The van der Waals surface area contributed by atoms with Gasteiger partial charge in [0, 0.05) is 49.8 Å². The maximum absolute atomic E-state index is 12.8. The minimum atomic E-state index is -1.08. The number of para-hydroxylation sites is 1. The molecule has 3 aromatic heterocycles. The fourth-order valence-electron chi connectivity index (χ4n) is 11.9. The summed E-state index contributed by atoms with van der Waals surface area (Å²) in [7, 11) is 6.31. The largest absolute Gasteiger partial charge is 0.507 e. The van der Waals surface area contributed by atoms with Crippen LogP contribution in [0.5, 0.6) is 80.5 Å². The number of rotatable bonds is 5. The van der Waals surface area contributed by atoms with Gasteiger partial charge in [-0.3, -0.25) is 4.57 Å². The number of aromatic nitrogens is 3. The monoisotopic (exact) mass is 1040 g/mol. The second-order valence-corrected chi connectivity index (χ2v) is 19.7. The van der Waals surface area contributed by atoms with E-state index in [0.717, 1.165) is 15.7 Å². The molecule has 0 atom stereocenters. The van der Waals surface area contributed by atoms with Crippen LogP contribution in [-0.4, -0.2) is 93.0 Å². The summed E-state index contributed by atoms with van der Waals surface area (Å²) in [6.45, 7) is 9.08. The first kappa shape index (κ1) is 48.6. The third kappa shape index (κ3) is 5.90. The molecule has 0 bridgehead atoms. The second-order valence-electron chi connectivity index (χ2n) is 19.7. The molecule has 0 spiro atoms. The van der Waals surface area contributed by atoms with Gasteiger partial charge in [-0.25, -0.2) is 0 Å². The van der Waals surface area contributed by atoms with Crippen LogP contribution >= 0.6 is 0 Å². The number of benzene rings is 9. The van der Waals surface area contributed by atoms with Gasteiger partial charge < -0.3 is 80.6 Å². The third-order valence-corrected chi connectivity index (χ3v) is 15.8. The first-order valence-electron chi connectivity index (χ1n) is 24.3. The van der Waals surface area contributed by atoms with Crippen molar-refractivity contribution in [2.24, 2.45) is 0 Å². The standard InChI is InChI=1S/C60H46BN3O14/c1-21-22(2)48(66)46(41-31(21)36-45(58(76)60(78)59(77)54(36)72)63(41)29-15-11-8-12-16-29)64-42-33(38-44(64)55(73)39(61)56(74)53(38)71)24(4)35(51(69)57(42)75)34-23(3)32-37-43(49(67)26(6)50(68)52(37)70)62(40(32)25(5)47(34)65)30-19-17-28(18-20-30)27-13-9-7-10-14-27/h7-20,65-78H,1-6H3. The quantitative estimate of drug-likeness (QED) is 0.0433. The van der Waals surface area contributed by atoms with Gasteiger partial charge in [-0.05, 0) is 105 Å². The Hall–Kier alpha value is -10.4. The Morgan fingerprint density at radius 1 is 0.269 bits per heavy atom. The van der Waals surface area contributed by atoms with Gasteiger partial charge in [-0.15, -0.1) is 0 Å². The van der Waals surface area contributed by atoms with Crippen LogP contribution in [0.1, 0.15) is 33.4 Å². The molecule has 78 heavy (non-hydrogen) atoms. The average Bonchev–Trinajstić information content (AvgIpc) is 2.84. The lowest BCUT2D eigenvalue weighted by atomic mass is 9.87. The summed E-state index contributed by atoms with van der Waals surface area (Å²) in [4.78, 5) is 0. The normalized spacial score (nSPS) is 12.0. The van der Waals surface area contributed by atoms with E-state index in [1.807, 2.05) is 42.5 Å². The molecule has 9 aromatic carbocycles. The fourth-order valence-corrected chi connectivity index (χ4v) is 11.9. The lowest BCUT2D eigenvalue weighted by molar-refractivity contribution is 0.350. The van der Waals surface area contributed by atoms with Gasteiger partial charge in [0.15, 0.2) is 46.0 Å². The highest BCUT2D eigenvalue weighted by Gasteiger charge is 2.38. The van der Waals surface area contributed by atoms with Gasteiger partial charge in [0.1, 0.15) is 53.1 Å². The van der Waals surface area contributed by atoms with Gasteiger partial charge in [0.25, 0.3) is 0 Å². The van der Waals surface area contributed by atoms with E-state index in [-0.39, 0.29) is 105 Å². The Bertz CT molecular complexity index is 4710. The zero-order chi connectivity index (χ0) is 55.7. The molecule has 0 aliphatic heterocycles. The summed E-state index contributed by atoms with van der Waals surface area (Å²) < 4.78 is 4.05. The Labute approximate surface area is 442 Å². The minimum absolute atomic E-state index is 0.0284. The Balaban J connectivity index is 1.26. The highest BCUT2D eigenvalue weighted by atomic mass is 16.3. The molecular formula is C60H46BN3O14. The average molecular weight is 1040 g/mol. The topological polar surface area (TPSA) is 298 Å². The zero-order valence-corrected chi connectivity index (χ0v) is 42.3. The van der Waals surface area contributed by atoms with E-state index in [0.29, 0.717) is 5.69 Å². The van der Waals surface area contributed by atoms with E-state index in [9.17, 15) is 71.5 Å². The van der Waals surface area contributed by atoms with Crippen LogP contribution < -0.4 is 5.46 Å². The molecule has 14 N–H and O–H groups in total. The number of aromatic hydroxyl groups is 14. The first-order chi connectivity index (χ1) is 37.1. The highest BCUT2D eigenvalue weighted by Crippen LogP contribution is 2.61. The van der Waals surface area contributed by atoms with Crippen molar-refractivity contribution < 1.29 is 71.5 Å². The van der Waals surface area contributed by atoms with Gasteiger partial charge in [0.05, 0.1) is 32.7 Å². The molecule has 17 nitrogen and oxygen atoms in total. The third-order valence-electron chi connectivity index (χ3n) is 15.8. The summed E-state index contributed by atoms with van der Waals surface area (Å²) in [5.74, 6) is -11.3. The Kier molecular flexibility index (Phi) is 10.2. The number of aryl methyl sites for hydroxylation is 4. The number of phenolic OH excluding ortho intramolecular Hbond substituents is 14. The van der Waals surface area contributed by atoms with Crippen LogP contribution in [0, 0.1) is 41.5 Å². The van der Waals surface area contributed by atoms with Crippen molar-refractivity contribution in [2.75, 3.05) is 0 Å². The Morgan fingerprint density at radius 2 is 0.692 bits per heavy atom. The van der Waals surface area contributed by atoms with Crippen molar-refractivity contribution in [3.63, 3.8) is 0 Å². The maximum atomic E-state index is 12.8. The van der Waals surface area contributed by atoms with E-state index >= 15 is 0 Å². The summed E-state index contributed by atoms with van der Waals surface area (Å²) in [6, 6.07) is 25.1. The lowest BCUT2D eigenvalue weighted by Crippen LogP contribution is -2.08. The summed E-state index contributed by atoms with van der Waals surface area (Å²) in [5, 5.41) is 167. The summed E-state index contributed by atoms with van der Waals surface area (Å²) >= 11 is 0. The van der Waals surface area contributed by atoms with Crippen LogP contribution in [0.4, 0.5) is 0 Å². The van der Waals surface area contributed by atoms with E-state index < -0.39 is 102 Å². The van der Waals surface area contributed by atoms with E-state index in [1.165, 1.54) is 25.3 Å². The molecule has 0 aliphatic carbocycles. The molecule has 0 unspecified atom stereocenters. The van der Waals surface area contributed by atoms with E-state index in [2.05, 4.69) is 0 Å². The highest BCUT2D eigenvalue weighted by molar-refractivity contribution is 6.40. The fraction of sp³-hybridized carbons (Fsp3) is 0.100. The molecule has 0 saturated heterocycles. The van der Waals surface area contributed by atoms with Crippen molar-refractivity contribution in [1.82, 2.24) is 13.7 Å². The minimum Gasteiger partial charge on any atom is -0.507 e. The number of nitrogens with zero attached hydrogens (tertiary/aromatic N) is 3. The first-order valence-corrected chi connectivity index (χ1v) is 24.3. The van der Waals surface area contributed by atoms with Gasteiger partial charge in [-0.2, -0.15) is 0 Å². The van der Waals surface area contributed by atoms with Gasteiger partial charge in [0.2, 0.25) is 11.5 Å². The molecule has 0 saturated carbocycles. The number of phenols is 14. The van der Waals surface area contributed by atoms with Crippen LogP contribution in [0.2, 0.25) is 0 Å². The van der Waals surface area contributed by atoms with Gasteiger partial charge in [-0.1, -0.05) is 60.7 Å². The molecule has 12 aromatic rings. The van der Waals surface area contributed by atoms with Crippen LogP contribution in [0.15, 0.2) is 84.9 Å². The molecule has 388 valence electrons. The van der Waals surface area contributed by atoms with E-state index in [4.69, 9.17) is 7.85 Å². The molecule has 0 amide bonds. The predicted molar refractivity (Wildman–Crippen MR) is 297 cm³/mol.